The summed E-state index contributed by atoms with van der Waals surface area (Å²) in [4.78, 5) is 25.1. The highest BCUT2D eigenvalue weighted by molar-refractivity contribution is 7.92. The molecule has 0 spiro atoms. The minimum atomic E-state index is -3.55. The van der Waals surface area contributed by atoms with Crippen LogP contribution in [0.4, 0.5) is 5.69 Å². The number of sulfonamides is 1. The summed E-state index contributed by atoms with van der Waals surface area (Å²) in [6.45, 7) is 1.51. The molecule has 6 nitrogen and oxygen atoms in total. The number of fused-ring (bicyclic) bond motifs is 1. The second-order valence-electron chi connectivity index (χ2n) is 6.67. The van der Waals surface area contributed by atoms with Gasteiger partial charge in [-0.15, -0.1) is 0 Å². The summed E-state index contributed by atoms with van der Waals surface area (Å²) < 4.78 is 30.5. The van der Waals surface area contributed by atoms with Crippen LogP contribution in [0.5, 0.6) is 0 Å². The Morgan fingerprint density at radius 1 is 1.07 bits per heavy atom. The summed E-state index contributed by atoms with van der Waals surface area (Å²) in [7, 11) is -3.55. The van der Waals surface area contributed by atoms with Crippen molar-refractivity contribution in [2.75, 3.05) is 11.0 Å². The van der Waals surface area contributed by atoms with E-state index in [0.29, 0.717) is 5.56 Å². The van der Waals surface area contributed by atoms with Crippen molar-refractivity contribution in [3.05, 3.63) is 64.7 Å². The molecule has 2 aromatic carbocycles. The van der Waals surface area contributed by atoms with Gasteiger partial charge >= 0.3 is 5.97 Å². The predicted octanol–water partition coefficient (Wildman–Crippen LogP) is 2.98. The number of carbonyl (C=O) groups excluding carboxylic acids is 2. The van der Waals surface area contributed by atoms with Crippen molar-refractivity contribution in [3.63, 3.8) is 0 Å². The van der Waals surface area contributed by atoms with E-state index in [1.165, 1.54) is 30.2 Å². The van der Waals surface area contributed by atoms with E-state index in [4.69, 9.17) is 4.74 Å². The number of para-hydroxylation sites is 1. The first-order valence-corrected chi connectivity index (χ1v) is 10.6. The van der Waals surface area contributed by atoms with E-state index >= 15 is 0 Å². The standard InChI is InChI=1S/C20H21NO5S/c1-13(19(22)16-11-10-14-6-5-7-15(14)12-16)26-20(23)17-8-3-4-9-18(17)21-27(2,24)25/h3-4,8-13,21H,5-7H2,1-2H3. The number of esters is 1. The number of hydrogen-bond acceptors (Lipinski definition) is 5. The largest absolute Gasteiger partial charge is 0.451 e. The van der Waals surface area contributed by atoms with E-state index in [1.54, 1.807) is 18.2 Å². The van der Waals surface area contributed by atoms with Crippen LogP contribution in [-0.4, -0.2) is 32.5 Å². The molecule has 0 radical (unpaired) electrons. The predicted molar refractivity (Wildman–Crippen MR) is 103 cm³/mol. The molecule has 0 saturated heterocycles. The second-order valence-corrected chi connectivity index (χ2v) is 8.42. The second kappa shape index (κ2) is 7.52. The molecule has 0 amide bonds. The number of rotatable bonds is 6. The highest BCUT2D eigenvalue weighted by Gasteiger charge is 2.23. The molecule has 1 aliphatic carbocycles. The lowest BCUT2D eigenvalue weighted by atomic mass is 10.0. The Kier molecular flexibility index (Phi) is 5.32. The number of aryl methyl sites for hydroxylation is 2. The van der Waals surface area contributed by atoms with Crippen LogP contribution in [0.1, 0.15) is 45.2 Å². The van der Waals surface area contributed by atoms with Gasteiger partial charge in [0.1, 0.15) is 0 Å². The number of ketones is 1. The SMILES string of the molecule is CC(OC(=O)c1ccccc1NS(C)(=O)=O)C(=O)c1ccc2c(c1)CCC2. The summed E-state index contributed by atoms with van der Waals surface area (Å²) in [6.07, 6.45) is 3.08. The number of ether oxygens (including phenoxy) is 1. The topological polar surface area (TPSA) is 89.5 Å². The fourth-order valence-electron chi connectivity index (χ4n) is 3.19. The molecular weight excluding hydrogens is 366 g/mol. The Morgan fingerprint density at radius 3 is 2.52 bits per heavy atom. The monoisotopic (exact) mass is 387 g/mol. The van der Waals surface area contributed by atoms with Gasteiger partial charge in [0.05, 0.1) is 17.5 Å². The van der Waals surface area contributed by atoms with Crippen LogP contribution >= 0.6 is 0 Å². The van der Waals surface area contributed by atoms with Crippen LogP contribution in [0.2, 0.25) is 0 Å². The number of Topliss-reactive ketones (excluding diaryl/α,β-unsaturated/α-hetero) is 1. The molecule has 1 N–H and O–H groups in total. The molecule has 0 saturated carbocycles. The Balaban J connectivity index is 1.75. The Hall–Kier alpha value is -2.67. The number of carbonyl (C=O) groups is 2. The van der Waals surface area contributed by atoms with E-state index in [9.17, 15) is 18.0 Å². The molecule has 1 aliphatic rings. The van der Waals surface area contributed by atoms with Crippen LogP contribution in [0.25, 0.3) is 0 Å². The summed E-state index contributed by atoms with van der Waals surface area (Å²) in [5, 5.41) is 0. The molecule has 0 heterocycles. The van der Waals surface area contributed by atoms with E-state index in [0.717, 1.165) is 25.5 Å². The van der Waals surface area contributed by atoms with Gasteiger partial charge in [-0.2, -0.15) is 0 Å². The number of anilines is 1. The van der Waals surface area contributed by atoms with Crippen molar-refractivity contribution in [3.8, 4) is 0 Å². The zero-order chi connectivity index (χ0) is 19.6. The Morgan fingerprint density at radius 2 is 1.78 bits per heavy atom. The quantitative estimate of drug-likeness (QED) is 0.608. The van der Waals surface area contributed by atoms with E-state index < -0.39 is 22.1 Å². The molecule has 3 rings (SSSR count). The molecule has 0 fully saturated rings. The van der Waals surface area contributed by atoms with Crippen molar-refractivity contribution in [2.45, 2.75) is 32.3 Å². The van der Waals surface area contributed by atoms with Crippen molar-refractivity contribution in [1.82, 2.24) is 0 Å². The number of hydrogen-bond donors (Lipinski definition) is 1. The van der Waals surface area contributed by atoms with Crippen molar-refractivity contribution >= 4 is 27.5 Å². The van der Waals surface area contributed by atoms with Crippen LogP contribution < -0.4 is 4.72 Å². The first kappa shape index (κ1) is 19.1. The highest BCUT2D eigenvalue weighted by atomic mass is 32.2. The summed E-state index contributed by atoms with van der Waals surface area (Å²) >= 11 is 0. The molecule has 0 aliphatic heterocycles. The van der Waals surface area contributed by atoms with Crippen LogP contribution in [0.3, 0.4) is 0 Å². The molecule has 1 atom stereocenters. The maximum atomic E-state index is 12.6. The van der Waals surface area contributed by atoms with Gasteiger partial charge in [0.25, 0.3) is 0 Å². The number of benzene rings is 2. The lowest BCUT2D eigenvalue weighted by molar-refractivity contribution is 0.0320. The normalized spacial score (nSPS) is 14.3. The van der Waals surface area contributed by atoms with E-state index in [2.05, 4.69) is 4.72 Å². The zero-order valence-electron chi connectivity index (χ0n) is 15.2. The first-order chi connectivity index (χ1) is 12.7. The Labute approximate surface area is 158 Å². The molecule has 0 bridgehead atoms. The molecule has 7 heteroatoms. The van der Waals surface area contributed by atoms with Gasteiger partial charge in [-0.25, -0.2) is 13.2 Å². The average molecular weight is 387 g/mol. The van der Waals surface area contributed by atoms with Crippen molar-refractivity contribution in [1.29, 1.82) is 0 Å². The third-order valence-electron chi connectivity index (χ3n) is 4.48. The summed E-state index contributed by atoms with van der Waals surface area (Å²) in [5.41, 5.74) is 3.11. The van der Waals surface area contributed by atoms with Gasteiger partial charge < -0.3 is 4.74 Å². The molecule has 2 aromatic rings. The minimum absolute atomic E-state index is 0.0523. The fraction of sp³-hybridized carbons (Fsp3) is 0.300. The molecular formula is C20H21NO5S. The molecule has 27 heavy (non-hydrogen) atoms. The summed E-state index contributed by atoms with van der Waals surface area (Å²) in [5.74, 6) is -1.05. The van der Waals surface area contributed by atoms with Gasteiger partial charge in [0.15, 0.2) is 6.10 Å². The third kappa shape index (κ3) is 4.54. The molecule has 0 aromatic heterocycles. The highest BCUT2D eigenvalue weighted by Crippen LogP contribution is 2.24. The van der Waals surface area contributed by atoms with Crippen molar-refractivity contribution in [2.24, 2.45) is 0 Å². The lowest BCUT2D eigenvalue weighted by Crippen LogP contribution is -2.25. The maximum Gasteiger partial charge on any atom is 0.340 e. The first-order valence-electron chi connectivity index (χ1n) is 8.68. The van der Waals surface area contributed by atoms with E-state index in [-0.39, 0.29) is 17.0 Å². The molecule has 1 unspecified atom stereocenters. The smallest absolute Gasteiger partial charge is 0.340 e. The van der Waals surface area contributed by atoms with Gasteiger partial charge in [0, 0.05) is 5.56 Å². The van der Waals surface area contributed by atoms with E-state index in [1.807, 2.05) is 12.1 Å². The van der Waals surface area contributed by atoms with Gasteiger partial charge in [-0.05, 0) is 55.5 Å². The zero-order valence-corrected chi connectivity index (χ0v) is 16.0. The lowest BCUT2D eigenvalue weighted by Gasteiger charge is -2.15. The third-order valence-corrected chi connectivity index (χ3v) is 5.07. The fourth-order valence-corrected chi connectivity index (χ4v) is 3.76. The van der Waals surface area contributed by atoms with Crippen LogP contribution in [0.15, 0.2) is 42.5 Å². The van der Waals surface area contributed by atoms with Gasteiger partial charge in [-0.3, -0.25) is 9.52 Å². The number of nitrogens with one attached hydrogen (secondary N) is 1. The Bertz CT molecular complexity index is 997. The minimum Gasteiger partial charge on any atom is -0.451 e. The van der Waals surface area contributed by atoms with Crippen molar-refractivity contribution < 1.29 is 22.7 Å². The van der Waals surface area contributed by atoms with Gasteiger partial charge in [0.2, 0.25) is 15.8 Å². The van der Waals surface area contributed by atoms with Crippen LogP contribution in [0, 0.1) is 0 Å². The maximum absolute atomic E-state index is 12.6. The molecule has 142 valence electrons. The van der Waals surface area contributed by atoms with Gasteiger partial charge in [-0.1, -0.05) is 24.3 Å². The summed E-state index contributed by atoms with van der Waals surface area (Å²) in [6, 6.07) is 11.7. The van der Waals surface area contributed by atoms with Crippen LogP contribution in [-0.2, 0) is 27.6 Å². The average Bonchev–Trinajstić information content (AvgIpc) is 3.07.